The SMILES string of the molecule is C=CC(=O)O.CC(O)C(=O)O.O=C(O)CCO. The van der Waals surface area contributed by atoms with Crippen molar-refractivity contribution in [3.63, 3.8) is 0 Å². The number of rotatable bonds is 4. The molecule has 1 atom stereocenters. The van der Waals surface area contributed by atoms with Gasteiger partial charge in [0.1, 0.15) is 6.10 Å². The second-order valence-corrected chi connectivity index (χ2v) is 2.42. The normalized spacial score (nSPS) is 9.59. The Morgan fingerprint density at radius 3 is 1.53 bits per heavy atom. The fourth-order valence-corrected chi connectivity index (χ4v) is 0.0956. The lowest BCUT2D eigenvalue weighted by atomic mass is 10.4. The maximum atomic E-state index is 9.45. The standard InChI is InChI=1S/2C3H6O3.C3H4O2/c1-2(4)3(5)6;4-2-1-3(5)6;1-2-3(4)5/h2,4H,1H3,(H,5,6);4H,1-2H2,(H,5,6);2H,1H2,(H,4,5). The Hall–Kier alpha value is -1.93. The van der Waals surface area contributed by atoms with Crippen LogP contribution in [0.1, 0.15) is 13.3 Å². The number of carboxylic acids is 3. The molecule has 0 radical (unpaired) electrons. The fraction of sp³-hybridized carbons (Fsp3) is 0.444. The molecular formula is C9H16O8. The van der Waals surface area contributed by atoms with Gasteiger partial charge in [-0.15, -0.1) is 0 Å². The highest BCUT2D eigenvalue weighted by molar-refractivity contribution is 5.78. The highest BCUT2D eigenvalue weighted by atomic mass is 16.4. The smallest absolute Gasteiger partial charge is 0.332 e. The fourth-order valence-electron chi connectivity index (χ4n) is 0.0956. The van der Waals surface area contributed by atoms with E-state index < -0.39 is 24.0 Å². The summed E-state index contributed by atoms with van der Waals surface area (Å²) in [5, 5.41) is 39.0. The number of hydrogen-bond acceptors (Lipinski definition) is 5. The average molecular weight is 252 g/mol. The van der Waals surface area contributed by atoms with E-state index in [1.807, 2.05) is 0 Å². The molecule has 8 nitrogen and oxygen atoms in total. The molecule has 0 heterocycles. The summed E-state index contributed by atoms with van der Waals surface area (Å²) in [6, 6.07) is 0. The van der Waals surface area contributed by atoms with Gasteiger partial charge in [0, 0.05) is 6.08 Å². The minimum atomic E-state index is -1.23. The van der Waals surface area contributed by atoms with Crippen molar-refractivity contribution < 1.29 is 39.9 Å². The first-order chi connectivity index (χ1) is 7.68. The van der Waals surface area contributed by atoms with Gasteiger partial charge in [-0.1, -0.05) is 6.58 Å². The third-order valence-corrected chi connectivity index (χ3v) is 0.858. The molecule has 100 valence electrons. The molecule has 0 aromatic heterocycles. The maximum absolute atomic E-state index is 9.45. The number of carboxylic acid groups (broad SMARTS) is 3. The monoisotopic (exact) mass is 252 g/mol. The summed E-state index contributed by atoms with van der Waals surface area (Å²) in [6.07, 6.45) is -0.551. The van der Waals surface area contributed by atoms with Crippen LogP contribution in [0.2, 0.25) is 0 Å². The summed E-state index contributed by atoms with van der Waals surface area (Å²) in [6.45, 7) is 3.89. The zero-order valence-electron chi connectivity index (χ0n) is 9.24. The van der Waals surface area contributed by atoms with Crippen LogP contribution in [0.5, 0.6) is 0 Å². The lowest BCUT2D eigenvalue weighted by Crippen LogP contribution is -2.13. The van der Waals surface area contributed by atoms with Crippen molar-refractivity contribution in [3.8, 4) is 0 Å². The molecule has 0 aromatic rings. The van der Waals surface area contributed by atoms with E-state index in [0.29, 0.717) is 0 Å². The van der Waals surface area contributed by atoms with Crippen LogP contribution in [0.25, 0.3) is 0 Å². The van der Waals surface area contributed by atoms with Crippen LogP contribution in [0.15, 0.2) is 12.7 Å². The van der Waals surface area contributed by atoms with Crippen LogP contribution in [-0.2, 0) is 14.4 Å². The predicted octanol–water partition coefficient (Wildman–Crippen LogP) is -0.838. The van der Waals surface area contributed by atoms with E-state index in [1.165, 1.54) is 6.92 Å². The van der Waals surface area contributed by atoms with Crippen molar-refractivity contribution in [2.75, 3.05) is 6.61 Å². The predicted molar refractivity (Wildman–Crippen MR) is 56.5 cm³/mol. The van der Waals surface area contributed by atoms with Gasteiger partial charge in [-0.2, -0.15) is 0 Å². The Labute approximate surface area is 97.4 Å². The van der Waals surface area contributed by atoms with Gasteiger partial charge in [0.25, 0.3) is 0 Å². The summed E-state index contributed by atoms with van der Waals surface area (Å²) >= 11 is 0. The topological polar surface area (TPSA) is 152 Å². The average Bonchev–Trinajstić information content (AvgIpc) is 2.19. The molecule has 0 amide bonds. The molecule has 8 heteroatoms. The molecular weight excluding hydrogens is 236 g/mol. The zero-order chi connectivity index (χ0) is 14.4. The van der Waals surface area contributed by atoms with Crippen LogP contribution in [0, 0.1) is 0 Å². The van der Waals surface area contributed by atoms with E-state index in [2.05, 4.69) is 6.58 Å². The third-order valence-electron chi connectivity index (χ3n) is 0.858. The van der Waals surface area contributed by atoms with Crippen molar-refractivity contribution in [1.82, 2.24) is 0 Å². The molecule has 0 saturated heterocycles. The van der Waals surface area contributed by atoms with E-state index in [1.54, 1.807) is 0 Å². The summed E-state index contributed by atoms with van der Waals surface area (Å²) in [4.78, 5) is 28.1. The summed E-state index contributed by atoms with van der Waals surface area (Å²) in [5.41, 5.74) is 0. The van der Waals surface area contributed by atoms with Crippen LogP contribution < -0.4 is 0 Å². The second-order valence-electron chi connectivity index (χ2n) is 2.42. The third kappa shape index (κ3) is 41.0. The summed E-state index contributed by atoms with van der Waals surface area (Å²) in [7, 11) is 0. The molecule has 0 aromatic carbocycles. The first kappa shape index (κ1) is 20.5. The van der Waals surface area contributed by atoms with Gasteiger partial charge in [-0.25, -0.2) is 9.59 Å². The van der Waals surface area contributed by atoms with E-state index >= 15 is 0 Å². The molecule has 0 fully saturated rings. The van der Waals surface area contributed by atoms with Gasteiger partial charge in [0.05, 0.1) is 13.0 Å². The molecule has 0 aliphatic heterocycles. The minimum absolute atomic E-state index is 0.153. The molecule has 0 saturated carbocycles. The van der Waals surface area contributed by atoms with Crippen molar-refractivity contribution in [3.05, 3.63) is 12.7 Å². The second kappa shape index (κ2) is 14.1. The Kier molecular flexibility index (Phi) is 16.9. The Morgan fingerprint density at radius 2 is 1.53 bits per heavy atom. The number of carbonyl (C=O) groups is 3. The number of aliphatic hydroxyl groups excluding tert-OH is 2. The zero-order valence-corrected chi connectivity index (χ0v) is 9.24. The molecule has 0 bridgehead atoms. The molecule has 0 rings (SSSR count). The van der Waals surface area contributed by atoms with Crippen LogP contribution in [0.3, 0.4) is 0 Å². The first-order valence-electron chi connectivity index (χ1n) is 4.27. The quantitative estimate of drug-likeness (QED) is 0.406. The summed E-state index contributed by atoms with van der Waals surface area (Å²) < 4.78 is 0. The van der Waals surface area contributed by atoms with E-state index in [0.717, 1.165) is 6.08 Å². The van der Waals surface area contributed by atoms with E-state index in [9.17, 15) is 14.4 Å². The number of aliphatic hydroxyl groups is 2. The first-order valence-corrected chi connectivity index (χ1v) is 4.27. The highest BCUT2D eigenvalue weighted by Gasteiger charge is 2.01. The van der Waals surface area contributed by atoms with Crippen molar-refractivity contribution >= 4 is 17.9 Å². The largest absolute Gasteiger partial charge is 0.481 e. The van der Waals surface area contributed by atoms with Gasteiger partial charge in [0.15, 0.2) is 0 Å². The van der Waals surface area contributed by atoms with Gasteiger partial charge in [-0.05, 0) is 6.92 Å². The maximum Gasteiger partial charge on any atom is 0.332 e. The van der Waals surface area contributed by atoms with Gasteiger partial charge in [0.2, 0.25) is 0 Å². The van der Waals surface area contributed by atoms with Crippen LogP contribution in [-0.4, -0.2) is 56.2 Å². The number of hydrogen-bond donors (Lipinski definition) is 5. The van der Waals surface area contributed by atoms with Crippen molar-refractivity contribution in [2.24, 2.45) is 0 Å². The van der Waals surface area contributed by atoms with Gasteiger partial charge >= 0.3 is 17.9 Å². The van der Waals surface area contributed by atoms with Crippen LogP contribution >= 0.6 is 0 Å². The molecule has 0 aliphatic rings. The number of aliphatic carboxylic acids is 3. The minimum Gasteiger partial charge on any atom is -0.481 e. The van der Waals surface area contributed by atoms with Gasteiger partial charge < -0.3 is 25.5 Å². The van der Waals surface area contributed by atoms with Crippen molar-refractivity contribution in [2.45, 2.75) is 19.4 Å². The van der Waals surface area contributed by atoms with E-state index in [-0.39, 0.29) is 13.0 Å². The molecule has 0 spiro atoms. The lowest BCUT2D eigenvalue weighted by Gasteiger charge is -1.89. The molecule has 17 heavy (non-hydrogen) atoms. The Bertz CT molecular complexity index is 245. The Morgan fingerprint density at radius 1 is 1.24 bits per heavy atom. The van der Waals surface area contributed by atoms with Crippen molar-refractivity contribution in [1.29, 1.82) is 0 Å². The highest BCUT2D eigenvalue weighted by Crippen LogP contribution is 1.73. The van der Waals surface area contributed by atoms with Gasteiger partial charge in [-0.3, -0.25) is 4.79 Å². The molecule has 5 N–H and O–H groups in total. The Balaban J connectivity index is -0.000000174. The molecule has 1 unspecified atom stereocenters. The van der Waals surface area contributed by atoms with Crippen LogP contribution in [0.4, 0.5) is 0 Å². The summed E-state index contributed by atoms with van der Waals surface area (Å²) in [5.74, 6) is -3.13. The molecule has 0 aliphatic carbocycles. The van der Waals surface area contributed by atoms with E-state index in [4.69, 9.17) is 25.5 Å². The lowest BCUT2D eigenvalue weighted by molar-refractivity contribution is -0.145.